The van der Waals surface area contributed by atoms with Gasteiger partial charge in [-0.3, -0.25) is 0 Å². The lowest BCUT2D eigenvalue weighted by Crippen LogP contribution is -2.10. The van der Waals surface area contributed by atoms with E-state index in [4.69, 9.17) is 14.2 Å². The van der Waals surface area contributed by atoms with E-state index in [-0.39, 0.29) is 5.92 Å². The van der Waals surface area contributed by atoms with Crippen molar-refractivity contribution in [3.8, 4) is 17.2 Å². The monoisotopic (exact) mass is 300 g/mol. The van der Waals surface area contributed by atoms with Crippen LogP contribution in [0.1, 0.15) is 30.9 Å². The van der Waals surface area contributed by atoms with Crippen LogP contribution in [0, 0.1) is 5.92 Å². The minimum absolute atomic E-state index is 0.256. The van der Waals surface area contributed by atoms with Gasteiger partial charge in [-0.15, -0.1) is 0 Å². The molecular weight excluding hydrogens is 276 g/mol. The van der Waals surface area contributed by atoms with Gasteiger partial charge in [0.25, 0.3) is 0 Å². The van der Waals surface area contributed by atoms with E-state index in [9.17, 15) is 0 Å². The number of hydrogen-bond acceptors (Lipinski definition) is 3. The molecule has 0 heterocycles. The summed E-state index contributed by atoms with van der Waals surface area (Å²) in [6, 6.07) is 14.2. The molecule has 2 rings (SSSR count). The van der Waals surface area contributed by atoms with Crippen molar-refractivity contribution < 1.29 is 14.2 Å². The summed E-state index contributed by atoms with van der Waals surface area (Å²) in [6.07, 6.45) is 0. The Balaban J connectivity index is 2.47. The van der Waals surface area contributed by atoms with Crippen LogP contribution in [-0.2, 0) is 0 Å². The Hall–Kier alpha value is -2.16. The molecule has 0 radical (unpaired) electrons. The number of benzene rings is 2. The van der Waals surface area contributed by atoms with Crippen LogP contribution < -0.4 is 14.2 Å². The van der Waals surface area contributed by atoms with E-state index in [0.29, 0.717) is 5.92 Å². The first-order chi connectivity index (χ1) is 10.6. The highest BCUT2D eigenvalue weighted by Gasteiger charge is 2.22. The van der Waals surface area contributed by atoms with Gasteiger partial charge in [-0.2, -0.15) is 0 Å². The first kappa shape index (κ1) is 16.2. The second kappa shape index (κ2) is 7.21. The molecule has 0 bridgehead atoms. The zero-order valence-electron chi connectivity index (χ0n) is 13.9. The summed E-state index contributed by atoms with van der Waals surface area (Å²) in [7, 11) is 5.04. The van der Waals surface area contributed by atoms with E-state index >= 15 is 0 Å². The Kier molecular flexibility index (Phi) is 5.31. The zero-order valence-corrected chi connectivity index (χ0v) is 13.9. The molecule has 0 N–H and O–H groups in total. The van der Waals surface area contributed by atoms with Crippen molar-refractivity contribution in [2.75, 3.05) is 21.3 Å². The molecule has 0 amide bonds. The quantitative estimate of drug-likeness (QED) is 0.786. The van der Waals surface area contributed by atoms with Crippen LogP contribution in [0.25, 0.3) is 0 Å². The first-order valence-electron chi connectivity index (χ1n) is 7.46. The van der Waals surface area contributed by atoms with Gasteiger partial charge >= 0.3 is 0 Å². The van der Waals surface area contributed by atoms with Crippen LogP contribution in [-0.4, -0.2) is 21.3 Å². The van der Waals surface area contributed by atoms with Crippen molar-refractivity contribution in [2.24, 2.45) is 5.92 Å². The highest BCUT2D eigenvalue weighted by atomic mass is 16.5. The van der Waals surface area contributed by atoms with E-state index in [1.165, 1.54) is 11.1 Å². The Bertz CT molecular complexity index is 603. The highest BCUT2D eigenvalue weighted by Crippen LogP contribution is 2.39. The third-order valence-corrected chi connectivity index (χ3v) is 3.92. The molecule has 0 aliphatic rings. The maximum absolute atomic E-state index is 5.58. The molecule has 2 aromatic carbocycles. The molecule has 118 valence electrons. The maximum atomic E-state index is 5.58. The van der Waals surface area contributed by atoms with Crippen molar-refractivity contribution in [3.63, 3.8) is 0 Å². The van der Waals surface area contributed by atoms with Crippen molar-refractivity contribution in [1.29, 1.82) is 0 Å². The van der Waals surface area contributed by atoms with Crippen LogP contribution in [0.15, 0.2) is 42.5 Å². The summed E-state index contributed by atoms with van der Waals surface area (Å²) >= 11 is 0. The molecular formula is C19H24O3. The van der Waals surface area contributed by atoms with E-state index in [1.807, 2.05) is 24.3 Å². The summed E-state index contributed by atoms with van der Waals surface area (Å²) in [6.45, 7) is 4.44. The van der Waals surface area contributed by atoms with Gasteiger partial charge in [0.15, 0.2) is 0 Å². The standard InChI is InChI=1S/C19H24O3/c1-13(2)19(14-6-8-15(20-3)9-7-14)17-11-10-16(21-4)12-18(17)22-5/h6-13,19H,1-5H3. The SMILES string of the molecule is COc1ccc(C(c2ccc(OC)cc2OC)C(C)C)cc1. The average molecular weight is 300 g/mol. The zero-order chi connectivity index (χ0) is 16.1. The molecule has 0 aliphatic heterocycles. The second-order valence-electron chi connectivity index (χ2n) is 5.60. The molecule has 1 atom stereocenters. The fourth-order valence-electron chi connectivity index (χ4n) is 2.81. The van der Waals surface area contributed by atoms with E-state index < -0.39 is 0 Å². The first-order valence-corrected chi connectivity index (χ1v) is 7.46. The van der Waals surface area contributed by atoms with E-state index in [0.717, 1.165) is 17.2 Å². The smallest absolute Gasteiger partial charge is 0.126 e. The Morgan fingerprint density at radius 2 is 1.32 bits per heavy atom. The molecule has 0 aromatic heterocycles. The lowest BCUT2D eigenvalue weighted by atomic mass is 9.82. The maximum Gasteiger partial charge on any atom is 0.126 e. The normalized spacial score (nSPS) is 12.1. The van der Waals surface area contributed by atoms with Crippen LogP contribution >= 0.6 is 0 Å². The van der Waals surface area contributed by atoms with Gasteiger partial charge in [0.2, 0.25) is 0 Å². The van der Waals surface area contributed by atoms with Crippen LogP contribution in [0.4, 0.5) is 0 Å². The summed E-state index contributed by atoms with van der Waals surface area (Å²) < 4.78 is 16.1. The van der Waals surface area contributed by atoms with Gasteiger partial charge in [-0.05, 0) is 29.7 Å². The fraction of sp³-hybridized carbons (Fsp3) is 0.368. The Morgan fingerprint density at radius 3 is 1.82 bits per heavy atom. The molecule has 2 aromatic rings. The molecule has 0 aliphatic carbocycles. The summed E-state index contributed by atoms with van der Waals surface area (Å²) in [4.78, 5) is 0. The van der Waals surface area contributed by atoms with Gasteiger partial charge in [0.1, 0.15) is 17.2 Å². The predicted octanol–water partition coefficient (Wildman–Crippen LogP) is 4.50. The Morgan fingerprint density at radius 1 is 0.727 bits per heavy atom. The summed E-state index contributed by atoms with van der Waals surface area (Å²) in [5.74, 6) is 3.22. The largest absolute Gasteiger partial charge is 0.497 e. The van der Waals surface area contributed by atoms with Crippen molar-refractivity contribution in [1.82, 2.24) is 0 Å². The van der Waals surface area contributed by atoms with E-state index in [1.54, 1.807) is 21.3 Å². The number of ether oxygens (including phenoxy) is 3. The van der Waals surface area contributed by atoms with Crippen molar-refractivity contribution >= 4 is 0 Å². The van der Waals surface area contributed by atoms with Gasteiger partial charge in [-0.25, -0.2) is 0 Å². The molecule has 0 spiro atoms. The lowest BCUT2D eigenvalue weighted by molar-refractivity contribution is 0.386. The number of rotatable bonds is 6. The number of hydrogen-bond donors (Lipinski definition) is 0. The fourth-order valence-corrected chi connectivity index (χ4v) is 2.81. The second-order valence-corrected chi connectivity index (χ2v) is 5.60. The lowest BCUT2D eigenvalue weighted by Gasteiger charge is -2.24. The summed E-state index contributed by atoms with van der Waals surface area (Å²) in [5.41, 5.74) is 2.42. The van der Waals surface area contributed by atoms with Crippen LogP contribution in [0.5, 0.6) is 17.2 Å². The minimum Gasteiger partial charge on any atom is -0.497 e. The third-order valence-electron chi connectivity index (χ3n) is 3.92. The average Bonchev–Trinajstić information content (AvgIpc) is 2.55. The van der Waals surface area contributed by atoms with Gasteiger partial charge in [0, 0.05) is 17.5 Å². The molecule has 22 heavy (non-hydrogen) atoms. The summed E-state index contributed by atoms with van der Waals surface area (Å²) in [5, 5.41) is 0. The van der Waals surface area contributed by atoms with Crippen LogP contribution in [0.2, 0.25) is 0 Å². The predicted molar refractivity (Wildman–Crippen MR) is 89.2 cm³/mol. The molecule has 0 fully saturated rings. The van der Waals surface area contributed by atoms with Crippen LogP contribution in [0.3, 0.4) is 0 Å². The third kappa shape index (κ3) is 3.35. The molecule has 0 saturated carbocycles. The van der Waals surface area contributed by atoms with Crippen molar-refractivity contribution in [3.05, 3.63) is 53.6 Å². The molecule has 1 unspecified atom stereocenters. The van der Waals surface area contributed by atoms with Gasteiger partial charge in [0.05, 0.1) is 21.3 Å². The Labute approximate surface area is 132 Å². The minimum atomic E-state index is 0.256. The van der Waals surface area contributed by atoms with E-state index in [2.05, 4.69) is 32.0 Å². The van der Waals surface area contributed by atoms with Crippen molar-refractivity contribution in [2.45, 2.75) is 19.8 Å². The highest BCUT2D eigenvalue weighted by molar-refractivity contribution is 5.47. The molecule has 3 heteroatoms. The van der Waals surface area contributed by atoms with Gasteiger partial charge in [-0.1, -0.05) is 32.0 Å². The number of methoxy groups -OCH3 is 3. The topological polar surface area (TPSA) is 27.7 Å². The molecule has 3 nitrogen and oxygen atoms in total. The molecule has 0 saturated heterocycles. The van der Waals surface area contributed by atoms with Gasteiger partial charge < -0.3 is 14.2 Å².